The van der Waals surface area contributed by atoms with Gasteiger partial charge in [0.1, 0.15) is 5.82 Å². The van der Waals surface area contributed by atoms with E-state index >= 15 is 0 Å². The van der Waals surface area contributed by atoms with Crippen molar-refractivity contribution in [2.24, 2.45) is 11.5 Å². The zero-order valence-corrected chi connectivity index (χ0v) is 11.0. The third-order valence-corrected chi connectivity index (χ3v) is 3.42. The van der Waals surface area contributed by atoms with E-state index in [1.807, 2.05) is 0 Å². The first-order chi connectivity index (χ1) is 9.11. The van der Waals surface area contributed by atoms with Crippen molar-refractivity contribution in [3.63, 3.8) is 0 Å². The maximum Gasteiger partial charge on any atom is 0.254 e. The number of hydrogen-bond donors (Lipinski definition) is 4. The summed E-state index contributed by atoms with van der Waals surface area (Å²) >= 11 is 0. The van der Waals surface area contributed by atoms with Gasteiger partial charge in [0, 0.05) is 25.3 Å². The monoisotopic (exact) mass is 264 g/mol. The maximum atomic E-state index is 11.2. The Labute approximate surface area is 112 Å². The van der Waals surface area contributed by atoms with E-state index in [2.05, 4.69) is 20.6 Å². The normalized spacial score (nSPS) is 22.8. The van der Waals surface area contributed by atoms with Gasteiger partial charge in [-0.2, -0.15) is 4.98 Å². The average Bonchev–Trinajstić information content (AvgIpc) is 2.41. The number of amides is 1. The lowest BCUT2D eigenvalue weighted by atomic mass is 9.91. The first-order valence-corrected chi connectivity index (χ1v) is 6.48. The van der Waals surface area contributed by atoms with Crippen LogP contribution >= 0.6 is 0 Å². The third kappa shape index (κ3) is 3.11. The molecule has 0 aliphatic heterocycles. The second kappa shape index (κ2) is 5.83. The summed E-state index contributed by atoms with van der Waals surface area (Å²) in [6.45, 7) is 0. The van der Waals surface area contributed by atoms with Crippen molar-refractivity contribution in [1.82, 2.24) is 9.97 Å². The highest BCUT2D eigenvalue weighted by molar-refractivity contribution is 5.97. The van der Waals surface area contributed by atoms with E-state index in [0.717, 1.165) is 19.3 Å². The van der Waals surface area contributed by atoms with E-state index in [1.165, 1.54) is 12.6 Å². The van der Waals surface area contributed by atoms with Crippen LogP contribution in [-0.4, -0.2) is 35.0 Å². The fourth-order valence-electron chi connectivity index (χ4n) is 2.33. The van der Waals surface area contributed by atoms with Crippen molar-refractivity contribution in [3.8, 4) is 0 Å². The molecule has 104 valence electrons. The Kier molecular flexibility index (Phi) is 4.16. The highest BCUT2D eigenvalue weighted by atomic mass is 16.1. The van der Waals surface area contributed by atoms with E-state index < -0.39 is 5.91 Å². The van der Waals surface area contributed by atoms with E-state index in [4.69, 9.17) is 11.5 Å². The van der Waals surface area contributed by atoms with Crippen LogP contribution in [0.2, 0.25) is 0 Å². The second-order valence-electron chi connectivity index (χ2n) is 4.77. The molecule has 1 fully saturated rings. The average molecular weight is 264 g/mol. The molecule has 1 aliphatic carbocycles. The quantitative estimate of drug-likeness (QED) is 0.621. The molecule has 19 heavy (non-hydrogen) atoms. The summed E-state index contributed by atoms with van der Waals surface area (Å²) in [5, 5.41) is 6.07. The highest BCUT2D eigenvalue weighted by Crippen LogP contribution is 2.20. The largest absolute Gasteiger partial charge is 0.372 e. The van der Waals surface area contributed by atoms with Gasteiger partial charge in [0.25, 0.3) is 5.91 Å². The molecule has 0 bridgehead atoms. The topological polar surface area (TPSA) is 119 Å². The fourth-order valence-corrected chi connectivity index (χ4v) is 2.33. The van der Waals surface area contributed by atoms with E-state index in [-0.39, 0.29) is 17.6 Å². The number of nitrogens with one attached hydrogen (secondary N) is 2. The smallest absolute Gasteiger partial charge is 0.254 e. The Morgan fingerprint density at radius 3 is 2.79 bits per heavy atom. The molecule has 0 aromatic carbocycles. The van der Waals surface area contributed by atoms with Gasteiger partial charge in [-0.25, -0.2) is 4.98 Å². The Bertz CT molecular complexity index is 464. The summed E-state index contributed by atoms with van der Waals surface area (Å²) in [6.07, 6.45) is 5.77. The minimum absolute atomic E-state index is 0.117. The van der Waals surface area contributed by atoms with Crippen molar-refractivity contribution in [2.45, 2.75) is 37.8 Å². The van der Waals surface area contributed by atoms with Crippen molar-refractivity contribution in [2.75, 3.05) is 17.7 Å². The highest BCUT2D eigenvalue weighted by Gasteiger charge is 2.22. The Hall–Kier alpha value is -1.89. The predicted octanol–water partition coefficient (Wildman–Crippen LogP) is 0.299. The first kappa shape index (κ1) is 13.5. The molecular weight excluding hydrogens is 244 g/mol. The van der Waals surface area contributed by atoms with Gasteiger partial charge in [-0.05, 0) is 12.8 Å². The molecule has 2 atom stereocenters. The molecule has 7 nitrogen and oxygen atoms in total. The minimum Gasteiger partial charge on any atom is -0.372 e. The lowest BCUT2D eigenvalue weighted by Gasteiger charge is -2.29. The molecule has 0 saturated heterocycles. The Morgan fingerprint density at radius 2 is 2.16 bits per heavy atom. The van der Waals surface area contributed by atoms with Crippen LogP contribution in [0.1, 0.15) is 36.0 Å². The molecule has 0 radical (unpaired) electrons. The minimum atomic E-state index is -0.551. The van der Waals surface area contributed by atoms with Crippen molar-refractivity contribution < 1.29 is 4.79 Å². The Balaban J connectivity index is 2.14. The van der Waals surface area contributed by atoms with Crippen LogP contribution in [0.5, 0.6) is 0 Å². The number of nitrogens with zero attached hydrogens (tertiary/aromatic N) is 2. The standard InChI is InChI=1S/C12H20N6O/c1-15-11-7(10(14)19)6-16-12(18-11)17-9-5-3-2-4-8(9)13/h6,8-9H,2-5,13H2,1H3,(H2,14,19)(H2,15,16,17,18)/t8-,9+/m0/s1. The SMILES string of the molecule is CNc1nc(N[C@@H]2CCCC[C@@H]2N)ncc1C(N)=O. The lowest BCUT2D eigenvalue weighted by Crippen LogP contribution is -2.43. The van der Waals surface area contributed by atoms with Crippen LogP contribution < -0.4 is 22.1 Å². The molecule has 1 aromatic heterocycles. The number of primary amides is 1. The van der Waals surface area contributed by atoms with Crippen molar-refractivity contribution in [1.29, 1.82) is 0 Å². The van der Waals surface area contributed by atoms with Crippen LogP contribution in [-0.2, 0) is 0 Å². The van der Waals surface area contributed by atoms with Crippen LogP contribution in [0.4, 0.5) is 11.8 Å². The Morgan fingerprint density at radius 1 is 1.42 bits per heavy atom. The summed E-state index contributed by atoms with van der Waals surface area (Å²) < 4.78 is 0. The number of aromatic nitrogens is 2. The van der Waals surface area contributed by atoms with E-state index in [9.17, 15) is 4.79 Å². The van der Waals surface area contributed by atoms with E-state index in [0.29, 0.717) is 11.8 Å². The fraction of sp³-hybridized carbons (Fsp3) is 0.583. The van der Waals surface area contributed by atoms with Gasteiger partial charge < -0.3 is 22.1 Å². The van der Waals surface area contributed by atoms with Gasteiger partial charge in [0.15, 0.2) is 0 Å². The molecule has 1 heterocycles. The molecule has 6 N–H and O–H groups in total. The number of hydrogen-bond acceptors (Lipinski definition) is 6. The third-order valence-electron chi connectivity index (χ3n) is 3.42. The van der Waals surface area contributed by atoms with Gasteiger partial charge in [0.05, 0.1) is 5.56 Å². The van der Waals surface area contributed by atoms with Crippen molar-refractivity contribution >= 4 is 17.7 Å². The van der Waals surface area contributed by atoms with Crippen LogP contribution in [0.25, 0.3) is 0 Å². The van der Waals surface area contributed by atoms with Crippen molar-refractivity contribution in [3.05, 3.63) is 11.8 Å². The number of anilines is 2. The molecular formula is C12H20N6O. The van der Waals surface area contributed by atoms with E-state index in [1.54, 1.807) is 7.05 Å². The number of nitrogens with two attached hydrogens (primary N) is 2. The molecule has 1 amide bonds. The molecule has 0 unspecified atom stereocenters. The molecule has 7 heteroatoms. The van der Waals surface area contributed by atoms with Gasteiger partial charge in [0.2, 0.25) is 5.95 Å². The van der Waals surface area contributed by atoms with Gasteiger partial charge in [-0.3, -0.25) is 4.79 Å². The summed E-state index contributed by atoms with van der Waals surface area (Å²) in [5.74, 6) is 0.344. The van der Waals surface area contributed by atoms with Gasteiger partial charge in [-0.1, -0.05) is 12.8 Å². The summed E-state index contributed by atoms with van der Waals surface area (Å²) in [4.78, 5) is 19.6. The van der Waals surface area contributed by atoms with Gasteiger partial charge >= 0.3 is 0 Å². The van der Waals surface area contributed by atoms with Crippen LogP contribution in [0.15, 0.2) is 6.20 Å². The summed E-state index contributed by atoms with van der Waals surface area (Å²) in [7, 11) is 1.69. The van der Waals surface area contributed by atoms with Gasteiger partial charge in [-0.15, -0.1) is 0 Å². The first-order valence-electron chi connectivity index (χ1n) is 6.48. The van der Waals surface area contributed by atoms with Crippen LogP contribution in [0, 0.1) is 0 Å². The summed E-state index contributed by atoms with van der Waals surface area (Å²) in [6, 6.07) is 0.295. The second-order valence-corrected chi connectivity index (χ2v) is 4.77. The lowest BCUT2D eigenvalue weighted by molar-refractivity contribution is 0.100. The molecule has 1 aliphatic rings. The molecule has 1 aromatic rings. The molecule has 0 spiro atoms. The molecule has 1 saturated carbocycles. The zero-order chi connectivity index (χ0) is 13.8. The number of carbonyl (C=O) groups excluding carboxylic acids is 1. The molecule has 2 rings (SSSR count). The summed E-state index contributed by atoms with van der Waals surface area (Å²) in [5.41, 5.74) is 11.6. The van der Waals surface area contributed by atoms with Crippen LogP contribution in [0.3, 0.4) is 0 Å². The maximum absolute atomic E-state index is 11.2. The zero-order valence-electron chi connectivity index (χ0n) is 11.0. The number of rotatable bonds is 4. The number of carbonyl (C=O) groups is 1. The predicted molar refractivity (Wildman–Crippen MR) is 74.0 cm³/mol.